The summed E-state index contributed by atoms with van der Waals surface area (Å²) in [5, 5.41) is 14.6. The molecule has 0 aliphatic carbocycles. The SMILES string of the molecule is Cc1ccc(S(=O)(=O)NC(=O)[O-])cc1.Cc1nn(-c2ccc(CC[NH3+])cc2)c(C)c1-c1cc(F)cc(F)c1. The summed E-state index contributed by atoms with van der Waals surface area (Å²) >= 11 is 0. The van der Waals surface area contributed by atoms with E-state index in [-0.39, 0.29) is 4.90 Å². The van der Waals surface area contributed by atoms with E-state index in [1.807, 2.05) is 26.0 Å². The van der Waals surface area contributed by atoms with E-state index in [4.69, 9.17) is 0 Å². The minimum atomic E-state index is -3.99. The number of rotatable bonds is 6. The maximum absolute atomic E-state index is 13.6. The average Bonchev–Trinajstić information content (AvgIpc) is 3.13. The lowest BCUT2D eigenvalue weighted by atomic mass is 10.0. The second kappa shape index (κ2) is 12.0. The second-order valence-electron chi connectivity index (χ2n) is 8.59. The number of quaternary nitrogens is 1. The Balaban J connectivity index is 0.000000244. The van der Waals surface area contributed by atoms with Crippen LogP contribution in [-0.2, 0) is 16.4 Å². The highest BCUT2D eigenvalue weighted by molar-refractivity contribution is 7.90. The smallest absolute Gasteiger partial charge is 0.262 e. The van der Waals surface area contributed by atoms with Crippen molar-refractivity contribution in [2.75, 3.05) is 6.54 Å². The Morgan fingerprint density at radius 3 is 2.08 bits per heavy atom. The Hall–Kier alpha value is -4.09. The number of nitrogens with zero attached hydrogens (tertiary/aromatic N) is 2. The molecule has 0 bridgehead atoms. The molecule has 0 spiro atoms. The Morgan fingerprint density at radius 2 is 1.55 bits per heavy atom. The molecule has 0 saturated heterocycles. The summed E-state index contributed by atoms with van der Waals surface area (Å²) in [5.74, 6) is -1.18. The first-order valence-corrected chi connectivity index (χ1v) is 13.1. The fraction of sp³-hybridized carbons (Fsp3) is 0.185. The molecule has 1 amide bonds. The molecule has 4 rings (SSSR count). The highest BCUT2D eigenvalue weighted by atomic mass is 32.2. The van der Waals surface area contributed by atoms with Crippen LogP contribution in [0, 0.1) is 32.4 Å². The lowest BCUT2D eigenvalue weighted by Gasteiger charge is -2.07. The molecule has 0 unspecified atom stereocenters. The van der Waals surface area contributed by atoms with Crippen LogP contribution in [-0.4, -0.2) is 30.8 Å². The zero-order valence-corrected chi connectivity index (χ0v) is 22.0. The van der Waals surface area contributed by atoms with E-state index in [1.54, 1.807) is 23.7 Å². The predicted molar refractivity (Wildman–Crippen MR) is 137 cm³/mol. The van der Waals surface area contributed by atoms with E-state index in [0.717, 1.165) is 47.2 Å². The normalized spacial score (nSPS) is 11.0. The maximum atomic E-state index is 13.6. The molecule has 0 saturated carbocycles. The van der Waals surface area contributed by atoms with Gasteiger partial charge in [0.2, 0.25) is 0 Å². The van der Waals surface area contributed by atoms with Gasteiger partial charge in [0.25, 0.3) is 10.0 Å². The Labute approximate surface area is 219 Å². The molecule has 1 aromatic heterocycles. The van der Waals surface area contributed by atoms with Gasteiger partial charge in [0.15, 0.2) is 0 Å². The summed E-state index contributed by atoms with van der Waals surface area (Å²) in [6, 6.07) is 17.4. The highest BCUT2D eigenvalue weighted by Gasteiger charge is 2.16. The van der Waals surface area contributed by atoms with Gasteiger partial charge in [-0.2, -0.15) is 5.10 Å². The lowest BCUT2D eigenvalue weighted by Crippen LogP contribution is -2.51. The number of hydrogen-bond acceptors (Lipinski definition) is 5. The number of amides is 1. The summed E-state index contributed by atoms with van der Waals surface area (Å²) in [6.45, 7) is 6.40. The molecule has 0 fully saturated rings. The van der Waals surface area contributed by atoms with Gasteiger partial charge in [-0.1, -0.05) is 29.8 Å². The van der Waals surface area contributed by atoms with E-state index in [2.05, 4.69) is 23.0 Å². The Bertz CT molecular complexity index is 1510. The minimum absolute atomic E-state index is 0.104. The summed E-state index contributed by atoms with van der Waals surface area (Å²) < 4.78 is 52.7. The van der Waals surface area contributed by atoms with Crippen molar-refractivity contribution >= 4 is 16.1 Å². The van der Waals surface area contributed by atoms with Crippen molar-refractivity contribution < 1.29 is 32.8 Å². The summed E-state index contributed by atoms with van der Waals surface area (Å²) in [5.41, 5.74) is 9.74. The first kappa shape index (κ1) is 28.5. The third kappa shape index (κ3) is 7.02. The molecule has 0 atom stereocenters. The quantitative estimate of drug-likeness (QED) is 0.387. The van der Waals surface area contributed by atoms with Gasteiger partial charge in [-0.05, 0) is 68.3 Å². The first-order chi connectivity index (χ1) is 17.9. The van der Waals surface area contributed by atoms with Crippen LogP contribution in [0.1, 0.15) is 22.5 Å². The van der Waals surface area contributed by atoms with Crippen molar-refractivity contribution in [2.45, 2.75) is 32.1 Å². The summed E-state index contributed by atoms with van der Waals surface area (Å²) in [6.07, 6.45) is -0.906. The van der Waals surface area contributed by atoms with Gasteiger partial charge >= 0.3 is 0 Å². The molecule has 4 N–H and O–H groups in total. The average molecular weight is 543 g/mol. The third-order valence-corrected chi connectivity index (χ3v) is 6.97. The van der Waals surface area contributed by atoms with Gasteiger partial charge in [0.05, 0.1) is 22.8 Å². The van der Waals surface area contributed by atoms with Crippen LogP contribution in [0.2, 0.25) is 0 Å². The lowest BCUT2D eigenvalue weighted by molar-refractivity contribution is -0.366. The number of benzene rings is 3. The molecule has 0 aliphatic rings. The number of aryl methyl sites for hydroxylation is 2. The number of nitrogens with one attached hydrogen (secondary N) is 1. The van der Waals surface area contributed by atoms with E-state index < -0.39 is 27.8 Å². The van der Waals surface area contributed by atoms with Crippen LogP contribution in [0.3, 0.4) is 0 Å². The first-order valence-electron chi connectivity index (χ1n) is 11.6. The monoisotopic (exact) mass is 542 g/mol. The molecule has 1 heterocycles. The second-order valence-corrected chi connectivity index (χ2v) is 10.3. The molecule has 0 aliphatic heterocycles. The van der Waals surface area contributed by atoms with Gasteiger partial charge in [-0.3, -0.25) is 4.72 Å². The van der Waals surface area contributed by atoms with Crippen molar-refractivity contribution in [3.05, 3.63) is 101 Å². The molecular formula is C27H28F2N4O4S. The number of carboxylic acid groups (broad SMARTS) is 1. The number of sulfonamides is 1. The van der Waals surface area contributed by atoms with Crippen molar-refractivity contribution in [1.29, 1.82) is 0 Å². The highest BCUT2D eigenvalue weighted by Crippen LogP contribution is 2.30. The molecule has 200 valence electrons. The van der Waals surface area contributed by atoms with E-state index >= 15 is 0 Å². The van der Waals surface area contributed by atoms with Crippen molar-refractivity contribution in [3.63, 3.8) is 0 Å². The standard InChI is InChI=1S/C19H19F2N3.C8H9NO4S/c1-12-19(15-9-16(20)11-17(21)10-15)13(2)24(23-12)18-5-3-14(4-6-18)7-8-22;1-6-2-4-7(5-3-6)14(12,13)9-8(10)11/h3-6,9-11H,7-8,22H2,1-2H3;2-5,9H,1H3,(H,10,11). The van der Waals surface area contributed by atoms with Crippen molar-refractivity contribution in [3.8, 4) is 16.8 Å². The Kier molecular flexibility index (Phi) is 8.97. The number of carbonyl (C=O) groups excluding carboxylic acids is 1. The topological polar surface area (TPSA) is 132 Å². The summed E-state index contributed by atoms with van der Waals surface area (Å²) in [7, 11) is -3.99. The summed E-state index contributed by atoms with van der Waals surface area (Å²) in [4.78, 5) is 9.95. The predicted octanol–water partition coefficient (Wildman–Crippen LogP) is 2.84. The van der Waals surface area contributed by atoms with Crippen LogP contribution < -0.4 is 15.6 Å². The third-order valence-electron chi connectivity index (χ3n) is 5.64. The van der Waals surface area contributed by atoms with E-state index in [1.165, 1.54) is 34.6 Å². The van der Waals surface area contributed by atoms with Gasteiger partial charge in [-0.25, -0.2) is 21.9 Å². The fourth-order valence-corrected chi connectivity index (χ4v) is 4.74. The number of aromatic nitrogens is 2. The molecule has 3 aromatic carbocycles. The molecule has 4 aromatic rings. The van der Waals surface area contributed by atoms with Gasteiger partial charge in [0, 0.05) is 23.7 Å². The fourth-order valence-electron chi connectivity index (χ4n) is 3.90. The molecule has 38 heavy (non-hydrogen) atoms. The Morgan fingerprint density at radius 1 is 0.974 bits per heavy atom. The number of carbonyl (C=O) groups is 1. The van der Waals surface area contributed by atoms with Crippen LogP contribution in [0.5, 0.6) is 0 Å². The van der Waals surface area contributed by atoms with Crippen molar-refractivity contribution in [1.82, 2.24) is 14.5 Å². The molecule has 11 heteroatoms. The van der Waals surface area contributed by atoms with Crippen LogP contribution in [0.4, 0.5) is 13.6 Å². The van der Waals surface area contributed by atoms with Crippen molar-refractivity contribution in [2.24, 2.45) is 0 Å². The minimum Gasteiger partial charge on any atom is -0.529 e. The van der Waals surface area contributed by atoms with E-state index in [9.17, 15) is 27.1 Å². The number of halogens is 2. The largest absolute Gasteiger partial charge is 0.529 e. The van der Waals surface area contributed by atoms with Gasteiger partial charge < -0.3 is 15.6 Å². The zero-order valence-electron chi connectivity index (χ0n) is 21.2. The maximum Gasteiger partial charge on any atom is 0.262 e. The van der Waals surface area contributed by atoms with Crippen LogP contribution in [0.15, 0.2) is 71.6 Å². The molecule has 0 radical (unpaired) electrons. The van der Waals surface area contributed by atoms with Gasteiger partial charge in [0.1, 0.15) is 17.7 Å². The number of hydrogen-bond donors (Lipinski definition) is 2. The van der Waals surface area contributed by atoms with Crippen LogP contribution in [0.25, 0.3) is 16.8 Å². The van der Waals surface area contributed by atoms with E-state index in [0.29, 0.717) is 5.56 Å². The molecule has 8 nitrogen and oxygen atoms in total. The van der Waals surface area contributed by atoms with Gasteiger partial charge in [-0.15, -0.1) is 0 Å². The van der Waals surface area contributed by atoms with Crippen LogP contribution >= 0.6 is 0 Å². The molecular weight excluding hydrogens is 514 g/mol. The zero-order chi connectivity index (χ0) is 28.0.